The Bertz CT molecular complexity index is 730. The second-order valence-electron chi connectivity index (χ2n) is 4.95. The Labute approximate surface area is 159 Å². The van der Waals surface area contributed by atoms with E-state index in [4.69, 9.17) is 46.4 Å². The van der Waals surface area contributed by atoms with E-state index < -0.39 is 17.7 Å². The monoisotopic (exact) mass is 404 g/mol. The third kappa shape index (κ3) is 4.77. The molecule has 0 atom stereocenters. The average Bonchev–Trinajstić information content (AvgIpc) is 2.53. The van der Waals surface area contributed by atoms with Gasteiger partial charge >= 0.3 is 0 Å². The van der Waals surface area contributed by atoms with Crippen molar-refractivity contribution in [3.05, 3.63) is 56.5 Å². The van der Waals surface area contributed by atoms with E-state index in [2.05, 4.69) is 10.6 Å². The molecule has 126 valence electrons. The SMILES string of the molecule is CC(C(=O)Nc1cc(Cl)ccc1Cl)C(=O)Nc1cc(Cl)ccc1Cl. The highest BCUT2D eigenvalue weighted by Crippen LogP contribution is 2.27. The molecular weight excluding hydrogens is 394 g/mol. The maximum absolute atomic E-state index is 12.2. The Hall–Kier alpha value is -1.46. The van der Waals surface area contributed by atoms with Crippen LogP contribution in [0.1, 0.15) is 6.92 Å². The van der Waals surface area contributed by atoms with Gasteiger partial charge in [0.25, 0.3) is 0 Å². The minimum atomic E-state index is -0.991. The van der Waals surface area contributed by atoms with Gasteiger partial charge in [-0.15, -0.1) is 0 Å². The Kier molecular flexibility index (Phi) is 6.35. The van der Waals surface area contributed by atoms with Crippen molar-refractivity contribution in [3.63, 3.8) is 0 Å². The molecule has 0 saturated carbocycles. The summed E-state index contributed by atoms with van der Waals surface area (Å²) < 4.78 is 0. The fourth-order valence-corrected chi connectivity index (χ4v) is 2.46. The third-order valence-electron chi connectivity index (χ3n) is 3.16. The van der Waals surface area contributed by atoms with Gasteiger partial charge in [-0.1, -0.05) is 46.4 Å². The first kappa shape index (κ1) is 18.9. The largest absolute Gasteiger partial charge is 0.324 e. The van der Waals surface area contributed by atoms with Gasteiger partial charge in [-0.05, 0) is 43.3 Å². The van der Waals surface area contributed by atoms with Crippen molar-refractivity contribution in [1.29, 1.82) is 0 Å². The molecule has 0 heterocycles. The number of carbonyl (C=O) groups is 2. The van der Waals surface area contributed by atoms with Crippen molar-refractivity contribution in [2.24, 2.45) is 5.92 Å². The molecule has 0 unspecified atom stereocenters. The summed E-state index contributed by atoms with van der Waals surface area (Å²) in [6.07, 6.45) is 0. The van der Waals surface area contributed by atoms with E-state index in [-0.39, 0.29) is 0 Å². The summed E-state index contributed by atoms with van der Waals surface area (Å²) in [6, 6.07) is 9.29. The van der Waals surface area contributed by atoms with Crippen LogP contribution in [0.3, 0.4) is 0 Å². The molecule has 0 radical (unpaired) electrons. The Morgan fingerprint density at radius 2 is 1.17 bits per heavy atom. The predicted molar refractivity (Wildman–Crippen MR) is 99.3 cm³/mol. The zero-order valence-electron chi connectivity index (χ0n) is 12.4. The van der Waals surface area contributed by atoms with E-state index in [1.54, 1.807) is 24.3 Å². The highest BCUT2D eigenvalue weighted by Gasteiger charge is 2.23. The van der Waals surface area contributed by atoms with Crippen LogP contribution < -0.4 is 10.6 Å². The second kappa shape index (κ2) is 8.08. The van der Waals surface area contributed by atoms with Crippen LogP contribution in [0.25, 0.3) is 0 Å². The minimum absolute atomic E-state index is 0.318. The molecule has 0 spiro atoms. The summed E-state index contributed by atoms with van der Waals surface area (Å²) >= 11 is 23.7. The Morgan fingerprint density at radius 3 is 1.54 bits per heavy atom. The van der Waals surface area contributed by atoms with Crippen molar-refractivity contribution >= 4 is 69.6 Å². The highest BCUT2D eigenvalue weighted by atomic mass is 35.5. The van der Waals surface area contributed by atoms with Crippen LogP contribution in [0, 0.1) is 5.92 Å². The summed E-state index contributed by atoms with van der Waals surface area (Å²) in [5, 5.41) is 6.60. The van der Waals surface area contributed by atoms with Gasteiger partial charge in [-0.25, -0.2) is 0 Å². The van der Waals surface area contributed by atoms with Crippen molar-refractivity contribution < 1.29 is 9.59 Å². The number of hydrogen-bond donors (Lipinski definition) is 2. The van der Waals surface area contributed by atoms with Crippen LogP contribution in [0.4, 0.5) is 11.4 Å². The van der Waals surface area contributed by atoms with Crippen LogP contribution in [0.5, 0.6) is 0 Å². The Morgan fingerprint density at radius 1 is 0.792 bits per heavy atom. The van der Waals surface area contributed by atoms with Crippen LogP contribution in [-0.4, -0.2) is 11.8 Å². The molecule has 2 N–H and O–H groups in total. The van der Waals surface area contributed by atoms with Crippen molar-refractivity contribution in [2.45, 2.75) is 6.92 Å². The number of halogens is 4. The molecule has 24 heavy (non-hydrogen) atoms. The summed E-state index contributed by atoms with van der Waals surface area (Å²) in [5.41, 5.74) is 0.657. The molecule has 2 rings (SSSR count). The molecule has 2 aromatic carbocycles. The van der Waals surface area contributed by atoms with E-state index in [0.717, 1.165) is 0 Å². The van der Waals surface area contributed by atoms with Gasteiger partial charge in [0.05, 0.1) is 21.4 Å². The number of benzene rings is 2. The molecule has 0 bridgehead atoms. The van der Waals surface area contributed by atoms with Crippen LogP contribution in [0.2, 0.25) is 20.1 Å². The van der Waals surface area contributed by atoms with Crippen molar-refractivity contribution in [3.8, 4) is 0 Å². The van der Waals surface area contributed by atoms with Gasteiger partial charge in [0.1, 0.15) is 5.92 Å². The lowest BCUT2D eigenvalue weighted by atomic mass is 10.1. The first-order valence-corrected chi connectivity index (χ1v) is 8.31. The van der Waals surface area contributed by atoms with Crippen LogP contribution in [-0.2, 0) is 9.59 Å². The van der Waals surface area contributed by atoms with E-state index in [1.165, 1.54) is 19.1 Å². The van der Waals surface area contributed by atoms with Gasteiger partial charge in [0.15, 0.2) is 0 Å². The fraction of sp³-hybridized carbons (Fsp3) is 0.125. The molecule has 0 saturated heterocycles. The number of rotatable bonds is 4. The highest BCUT2D eigenvalue weighted by molar-refractivity contribution is 6.36. The lowest BCUT2D eigenvalue weighted by Gasteiger charge is -2.14. The maximum Gasteiger partial charge on any atom is 0.236 e. The number of nitrogens with one attached hydrogen (secondary N) is 2. The molecular formula is C16H12Cl4N2O2. The average molecular weight is 406 g/mol. The Balaban J connectivity index is 2.08. The van der Waals surface area contributed by atoms with Gasteiger partial charge in [-0.2, -0.15) is 0 Å². The summed E-state index contributed by atoms with van der Waals surface area (Å²) in [6.45, 7) is 1.46. The lowest BCUT2D eigenvalue weighted by molar-refractivity contribution is -0.128. The number of carbonyl (C=O) groups excluding carboxylic acids is 2. The molecule has 0 fully saturated rings. The van der Waals surface area contributed by atoms with Gasteiger partial charge in [-0.3, -0.25) is 9.59 Å². The fourth-order valence-electron chi connectivity index (χ4n) is 1.79. The molecule has 2 amide bonds. The van der Waals surface area contributed by atoms with E-state index in [1.807, 2.05) is 0 Å². The topological polar surface area (TPSA) is 58.2 Å². The predicted octanol–water partition coefficient (Wildman–Crippen LogP) is 5.51. The van der Waals surface area contributed by atoms with Gasteiger partial charge in [0, 0.05) is 10.0 Å². The second-order valence-corrected chi connectivity index (χ2v) is 6.64. The molecule has 4 nitrogen and oxygen atoms in total. The van der Waals surface area contributed by atoms with Crippen LogP contribution >= 0.6 is 46.4 Å². The first-order chi connectivity index (χ1) is 11.3. The van der Waals surface area contributed by atoms with Gasteiger partial charge < -0.3 is 10.6 Å². The number of anilines is 2. The van der Waals surface area contributed by atoms with Crippen molar-refractivity contribution in [1.82, 2.24) is 0 Å². The zero-order chi connectivity index (χ0) is 17.9. The van der Waals surface area contributed by atoms with Crippen LogP contribution in [0.15, 0.2) is 36.4 Å². The molecule has 2 aromatic rings. The normalized spacial score (nSPS) is 10.6. The molecule has 0 aliphatic carbocycles. The van der Waals surface area contributed by atoms with Gasteiger partial charge in [0.2, 0.25) is 11.8 Å². The zero-order valence-corrected chi connectivity index (χ0v) is 15.4. The van der Waals surface area contributed by atoms with E-state index in [9.17, 15) is 9.59 Å². The lowest BCUT2D eigenvalue weighted by Crippen LogP contribution is -2.31. The smallest absolute Gasteiger partial charge is 0.236 e. The number of hydrogen-bond acceptors (Lipinski definition) is 2. The van der Waals surface area contributed by atoms with E-state index in [0.29, 0.717) is 31.5 Å². The minimum Gasteiger partial charge on any atom is -0.324 e. The summed E-state index contributed by atoms with van der Waals surface area (Å²) in [7, 11) is 0. The first-order valence-electron chi connectivity index (χ1n) is 6.79. The molecule has 0 aromatic heterocycles. The van der Waals surface area contributed by atoms with Crippen molar-refractivity contribution in [2.75, 3.05) is 10.6 Å². The molecule has 0 aliphatic rings. The van der Waals surface area contributed by atoms with E-state index >= 15 is 0 Å². The molecule has 8 heteroatoms. The number of amides is 2. The quantitative estimate of drug-likeness (QED) is 0.658. The third-order valence-corrected chi connectivity index (χ3v) is 4.29. The molecule has 0 aliphatic heterocycles. The summed E-state index contributed by atoms with van der Waals surface area (Å²) in [5.74, 6) is -2.06. The maximum atomic E-state index is 12.2. The standard InChI is InChI=1S/C16H12Cl4N2O2/c1-8(15(23)21-13-6-9(17)2-4-11(13)19)16(24)22-14-7-10(18)3-5-12(14)20/h2-8H,1H3,(H,21,23)(H,22,24). The summed E-state index contributed by atoms with van der Waals surface area (Å²) in [4.78, 5) is 24.5.